The van der Waals surface area contributed by atoms with Crippen LogP contribution in [0.2, 0.25) is 5.02 Å². The average Bonchev–Trinajstić information content (AvgIpc) is 2.55. The van der Waals surface area contributed by atoms with Crippen LogP contribution in [0.5, 0.6) is 0 Å². The predicted molar refractivity (Wildman–Crippen MR) is 92.3 cm³/mol. The topological polar surface area (TPSA) is 15.3 Å². The maximum Gasteiger partial charge on any atom is 0.417 e. The molecule has 1 aliphatic rings. The van der Waals surface area contributed by atoms with Crippen molar-refractivity contribution in [2.24, 2.45) is 0 Å². The number of hydrogen-bond acceptors (Lipinski definition) is 2. The van der Waals surface area contributed by atoms with E-state index in [1.165, 1.54) is 12.1 Å². The summed E-state index contributed by atoms with van der Waals surface area (Å²) in [6.45, 7) is 7.13. The van der Waals surface area contributed by atoms with Crippen LogP contribution in [-0.4, -0.2) is 31.1 Å². The maximum absolute atomic E-state index is 13.2. The van der Waals surface area contributed by atoms with Gasteiger partial charge in [0.15, 0.2) is 0 Å². The normalized spacial score (nSPS) is 17.7. The van der Waals surface area contributed by atoms with Crippen LogP contribution in [0.3, 0.4) is 0 Å². The second-order valence-corrected chi connectivity index (χ2v) is 6.52. The summed E-state index contributed by atoms with van der Waals surface area (Å²) in [7, 11) is 0. The number of halogens is 4. The minimum atomic E-state index is -4.43. The van der Waals surface area contributed by atoms with E-state index in [9.17, 15) is 13.2 Å². The smallest absolute Gasteiger partial charge is 0.314 e. The third kappa shape index (κ3) is 5.23. The van der Waals surface area contributed by atoms with Gasteiger partial charge >= 0.3 is 6.18 Å². The lowest BCUT2D eigenvalue weighted by molar-refractivity contribution is -0.137. The van der Waals surface area contributed by atoms with E-state index in [2.05, 4.69) is 16.8 Å². The van der Waals surface area contributed by atoms with Gasteiger partial charge in [0.05, 0.1) is 10.6 Å². The highest BCUT2D eigenvalue weighted by molar-refractivity contribution is 6.31. The second-order valence-electron chi connectivity index (χ2n) is 6.11. The van der Waals surface area contributed by atoms with Crippen molar-refractivity contribution in [2.45, 2.75) is 37.9 Å². The molecule has 1 atom stereocenters. The zero-order valence-electron chi connectivity index (χ0n) is 13.7. The standard InChI is InChI=1S/C18H24ClF3N2/c1-2-3-4-5-6-17(24-11-9-23-10-12-24)14-7-8-16(19)15(13-14)18(20,21)22/h2,7-8,13,17,23H,1,3-6,9-12H2/t17-/m1/s1. The molecule has 0 aliphatic carbocycles. The number of nitrogens with zero attached hydrogens (tertiary/aromatic N) is 1. The molecule has 0 unspecified atom stereocenters. The SMILES string of the molecule is C=CCCCC[C@H](c1ccc(Cl)c(C(F)(F)F)c1)N1CCNCC1. The Morgan fingerprint density at radius 2 is 1.96 bits per heavy atom. The summed E-state index contributed by atoms with van der Waals surface area (Å²) in [5.41, 5.74) is -0.0416. The molecule has 0 bridgehead atoms. The largest absolute Gasteiger partial charge is 0.417 e. The minimum absolute atomic E-state index is 0.00437. The minimum Gasteiger partial charge on any atom is -0.314 e. The van der Waals surface area contributed by atoms with Gasteiger partial charge in [-0.25, -0.2) is 0 Å². The predicted octanol–water partition coefficient (Wildman–Crippen LogP) is 5.05. The fourth-order valence-electron chi connectivity index (χ4n) is 3.15. The van der Waals surface area contributed by atoms with E-state index in [1.807, 2.05) is 6.08 Å². The Balaban J connectivity index is 2.23. The fourth-order valence-corrected chi connectivity index (χ4v) is 3.37. The van der Waals surface area contributed by atoms with Crippen molar-refractivity contribution in [2.75, 3.05) is 26.2 Å². The van der Waals surface area contributed by atoms with Gasteiger partial charge in [-0.2, -0.15) is 13.2 Å². The monoisotopic (exact) mass is 360 g/mol. The summed E-state index contributed by atoms with van der Waals surface area (Å²) < 4.78 is 39.5. The van der Waals surface area contributed by atoms with E-state index in [1.54, 1.807) is 6.07 Å². The van der Waals surface area contributed by atoms with Gasteiger partial charge in [-0.15, -0.1) is 6.58 Å². The molecule has 1 N–H and O–H groups in total. The molecule has 1 saturated heterocycles. The van der Waals surface area contributed by atoms with Crippen molar-refractivity contribution in [1.29, 1.82) is 0 Å². The van der Waals surface area contributed by atoms with Crippen LogP contribution in [0.1, 0.15) is 42.9 Å². The highest BCUT2D eigenvalue weighted by Crippen LogP contribution is 2.38. The van der Waals surface area contributed by atoms with E-state index < -0.39 is 11.7 Å². The van der Waals surface area contributed by atoms with Crippen molar-refractivity contribution in [3.05, 3.63) is 47.0 Å². The van der Waals surface area contributed by atoms with E-state index in [4.69, 9.17) is 11.6 Å². The molecule has 2 rings (SSSR count). The first-order chi connectivity index (χ1) is 11.4. The lowest BCUT2D eigenvalue weighted by Crippen LogP contribution is -2.45. The van der Waals surface area contributed by atoms with Gasteiger partial charge in [-0.1, -0.05) is 30.2 Å². The number of rotatable bonds is 7. The zero-order valence-corrected chi connectivity index (χ0v) is 14.5. The summed E-state index contributed by atoms with van der Waals surface area (Å²) in [6.07, 6.45) is 1.19. The van der Waals surface area contributed by atoms with Crippen LogP contribution in [0.25, 0.3) is 0 Å². The van der Waals surface area contributed by atoms with E-state index in [0.717, 1.165) is 51.9 Å². The molecule has 0 spiro atoms. The number of hydrogen-bond donors (Lipinski definition) is 1. The number of alkyl halides is 3. The van der Waals surface area contributed by atoms with Crippen molar-refractivity contribution in [1.82, 2.24) is 10.2 Å². The number of benzene rings is 1. The molecule has 24 heavy (non-hydrogen) atoms. The Morgan fingerprint density at radius 1 is 1.25 bits per heavy atom. The third-order valence-corrected chi connectivity index (χ3v) is 4.74. The molecule has 1 fully saturated rings. The van der Waals surface area contributed by atoms with Crippen LogP contribution in [0.15, 0.2) is 30.9 Å². The zero-order chi connectivity index (χ0) is 17.6. The van der Waals surface area contributed by atoms with Crippen molar-refractivity contribution in [3.8, 4) is 0 Å². The molecule has 1 aromatic carbocycles. The summed E-state index contributed by atoms with van der Waals surface area (Å²) >= 11 is 5.76. The number of allylic oxidation sites excluding steroid dienone is 1. The van der Waals surface area contributed by atoms with Gasteiger partial charge in [0.2, 0.25) is 0 Å². The van der Waals surface area contributed by atoms with E-state index in [0.29, 0.717) is 5.56 Å². The third-order valence-electron chi connectivity index (χ3n) is 4.41. The van der Waals surface area contributed by atoms with Gasteiger partial charge in [0, 0.05) is 32.2 Å². The molecule has 0 amide bonds. The Morgan fingerprint density at radius 3 is 2.58 bits per heavy atom. The highest BCUT2D eigenvalue weighted by Gasteiger charge is 2.34. The molecule has 6 heteroatoms. The van der Waals surface area contributed by atoms with Gasteiger partial charge in [-0.05, 0) is 37.0 Å². The lowest BCUT2D eigenvalue weighted by atomic mass is 9.96. The quantitative estimate of drug-likeness (QED) is 0.540. The molecule has 2 nitrogen and oxygen atoms in total. The first kappa shape index (κ1) is 19.3. The number of unbranched alkanes of at least 4 members (excludes halogenated alkanes) is 2. The van der Waals surface area contributed by atoms with Crippen LogP contribution in [0, 0.1) is 0 Å². The van der Waals surface area contributed by atoms with E-state index in [-0.39, 0.29) is 11.1 Å². The Kier molecular flexibility index (Phi) is 7.14. The average molecular weight is 361 g/mol. The van der Waals surface area contributed by atoms with Gasteiger partial charge in [0.25, 0.3) is 0 Å². The fraction of sp³-hybridized carbons (Fsp3) is 0.556. The molecular formula is C18H24ClF3N2. The molecule has 0 aromatic heterocycles. The van der Waals surface area contributed by atoms with Crippen molar-refractivity contribution in [3.63, 3.8) is 0 Å². The van der Waals surface area contributed by atoms with Gasteiger partial charge in [0.1, 0.15) is 0 Å². The van der Waals surface area contributed by atoms with Gasteiger partial charge in [-0.3, -0.25) is 4.90 Å². The highest BCUT2D eigenvalue weighted by atomic mass is 35.5. The van der Waals surface area contributed by atoms with Crippen LogP contribution >= 0.6 is 11.6 Å². The number of nitrogens with one attached hydrogen (secondary N) is 1. The summed E-state index contributed by atoms with van der Waals surface area (Å²) in [4.78, 5) is 2.27. The molecule has 1 aromatic rings. The first-order valence-electron chi connectivity index (χ1n) is 8.36. The van der Waals surface area contributed by atoms with Crippen molar-refractivity contribution < 1.29 is 13.2 Å². The molecular weight excluding hydrogens is 337 g/mol. The van der Waals surface area contributed by atoms with Gasteiger partial charge < -0.3 is 5.32 Å². The Bertz CT molecular complexity index is 540. The summed E-state index contributed by atoms with van der Waals surface area (Å²) in [5.74, 6) is 0. The molecule has 0 saturated carbocycles. The lowest BCUT2D eigenvalue weighted by Gasteiger charge is -2.35. The maximum atomic E-state index is 13.2. The molecule has 1 heterocycles. The molecule has 0 radical (unpaired) electrons. The molecule has 1 aliphatic heterocycles. The van der Waals surface area contributed by atoms with Crippen LogP contribution < -0.4 is 5.32 Å². The number of piperazine rings is 1. The Labute approximate surface area is 146 Å². The summed E-state index contributed by atoms with van der Waals surface area (Å²) in [5, 5.41) is 3.05. The first-order valence-corrected chi connectivity index (χ1v) is 8.73. The van der Waals surface area contributed by atoms with Crippen molar-refractivity contribution >= 4 is 11.6 Å². The summed E-state index contributed by atoms with van der Waals surface area (Å²) in [6, 6.07) is 4.33. The molecule has 134 valence electrons. The van der Waals surface area contributed by atoms with E-state index >= 15 is 0 Å². The second kappa shape index (κ2) is 8.88. The Hall–Kier alpha value is -1.04. The van der Waals surface area contributed by atoms with Crippen LogP contribution in [-0.2, 0) is 6.18 Å². The van der Waals surface area contributed by atoms with Crippen LogP contribution in [0.4, 0.5) is 13.2 Å².